The summed E-state index contributed by atoms with van der Waals surface area (Å²) in [6.07, 6.45) is -6.92. The number of aliphatic imine (C=N–C) groups is 1. The molecule has 1 aliphatic heterocycles. The second-order valence-corrected chi connectivity index (χ2v) is 8.11. The topological polar surface area (TPSA) is 89.6 Å². The summed E-state index contributed by atoms with van der Waals surface area (Å²) in [7, 11) is 0. The molecule has 1 saturated carbocycles. The smallest absolute Gasteiger partial charge is 0.417 e. The predicted molar refractivity (Wildman–Crippen MR) is 105 cm³/mol. The molecule has 0 spiro atoms. The molecule has 1 aromatic heterocycles. The van der Waals surface area contributed by atoms with Gasteiger partial charge in [-0.2, -0.15) is 13.2 Å². The number of nitrogens with zero attached hydrogens (tertiary/aromatic N) is 2. The summed E-state index contributed by atoms with van der Waals surface area (Å²) in [5.41, 5.74) is 1.53. The molecule has 0 unspecified atom stereocenters. The number of amides is 1. The van der Waals surface area contributed by atoms with Gasteiger partial charge in [0.1, 0.15) is 29.8 Å². The highest BCUT2D eigenvalue weighted by Gasteiger charge is 2.60. The third-order valence-corrected chi connectivity index (χ3v) is 5.88. The molecule has 1 amide bonds. The molecule has 4 rings (SSSR count). The first-order chi connectivity index (χ1) is 15.8. The molecule has 2 heterocycles. The van der Waals surface area contributed by atoms with E-state index in [-0.39, 0.29) is 11.4 Å². The van der Waals surface area contributed by atoms with E-state index in [0.29, 0.717) is 12.3 Å². The van der Waals surface area contributed by atoms with Crippen molar-refractivity contribution in [3.63, 3.8) is 0 Å². The lowest BCUT2D eigenvalue weighted by Gasteiger charge is -2.40. The van der Waals surface area contributed by atoms with Crippen LogP contribution >= 0.6 is 0 Å². The first-order valence-corrected chi connectivity index (χ1v) is 9.95. The van der Waals surface area contributed by atoms with E-state index in [1.807, 2.05) is 0 Å². The van der Waals surface area contributed by atoms with E-state index in [2.05, 4.69) is 15.3 Å². The fourth-order valence-corrected chi connectivity index (χ4v) is 4.32. The molecule has 1 fully saturated rings. The third-order valence-electron chi connectivity index (χ3n) is 5.88. The molecule has 182 valence electrons. The maximum atomic E-state index is 14.8. The summed E-state index contributed by atoms with van der Waals surface area (Å²) in [6.45, 7) is -1.37. The summed E-state index contributed by atoms with van der Waals surface area (Å²) in [5.74, 6) is -6.35. The lowest BCUT2D eigenvalue weighted by Crippen LogP contribution is -2.48. The summed E-state index contributed by atoms with van der Waals surface area (Å²) >= 11 is 0. The van der Waals surface area contributed by atoms with E-state index >= 15 is 0 Å². The van der Waals surface area contributed by atoms with Crippen LogP contribution in [0.25, 0.3) is 0 Å². The maximum absolute atomic E-state index is 14.8. The van der Waals surface area contributed by atoms with Crippen LogP contribution in [0.3, 0.4) is 0 Å². The first-order valence-electron chi connectivity index (χ1n) is 9.95. The lowest BCUT2D eigenvalue weighted by molar-refractivity contribution is -0.137. The van der Waals surface area contributed by atoms with Crippen molar-refractivity contribution in [2.75, 3.05) is 12.0 Å². The van der Waals surface area contributed by atoms with E-state index in [0.717, 1.165) is 24.3 Å². The van der Waals surface area contributed by atoms with Crippen molar-refractivity contribution in [2.45, 2.75) is 36.6 Å². The zero-order valence-corrected chi connectivity index (χ0v) is 17.2. The minimum absolute atomic E-state index is 0.0857. The monoisotopic (exact) mass is 490 g/mol. The molecule has 0 bridgehead atoms. The fourth-order valence-electron chi connectivity index (χ4n) is 4.32. The molecule has 0 saturated heterocycles. The van der Waals surface area contributed by atoms with Crippen molar-refractivity contribution < 1.29 is 40.3 Å². The maximum Gasteiger partial charge on any atom is 0.417 e. The van der Waals surface area contributed by atoms with Gasteiger partial charge in [-0.3, -0.25) is 9.78 Å². The Kier molecular flexibility index (Phi) is 5.68. The van der Waals surface area contributed by atoms with Crippen LogP contribution in [0, 0.1) is 11.7 Å². The SMILES string of the molecule is NC1=N[C@](CF)(c2cc(NC(=O)c3ccc(C(F)(F)F)cn3)ccc2F)[C@H]2CC(F)(F)C[C@H]2O1. The van der Waals surface area contributed by atoms with Crippen molar-refractivity contribution in [3.8, 4) is 0 Å². The van der Waals surface area contributed by atoms with Gasteiger partial charge in [0.25, 0.3) is 17.9 Å². The highest BCUT2D eigenvalue weighted by molar-refractivity contribution is 6.02. The number of nitrogens with one attached hydrogen (secondary N) is 1. The number of anilines is 1. The van der Waals surface area contributed by atoms with Crippen LogP contribution < -0.4 is 11.1 Å². The molecule has 13 heteroatoms. The third kappa shape index (κ3) is 4.26. The number of benzene rings is 1. The Labute approximate surface area is 188 Å². The lowest BCUT2D eigenvalue weighted by atomic mass is 9.76. The molecule has 1 aromatic carbocycles. The quantitative estimate of drug-likeness (QED) is 0.622. The zero-order chi connectivity index (χ0) is 24.9. The number of pyridine rings is 1. The Morgan fingerprint density at radius 3 is 2.56 bits per heavy atom. The van der Waals surface area contributed by atoms with E-state index in [4.69, 9.17) is 10.5 Å². The average molecular weight is 490 g/mol. The Balaban J connectivity index is 1.66. The molecule has 6 nitrogen and oxygen atoms in total. The number of amidine groups is 1. The summed E-state index contributed by atoms with van der Waals surface area (Å²) in [6, 6.07) is 3.95. The van der Waals surface area contributed by atoms with Gasteiger partial charge in [0, 0.05) is 36.2 Å². The van der Waals surface area contributed by atoms with Gasteiger partial charge in [0.15, 0.2) is 0 Å². The van der Waals surface area contributed by atoms with Crippen molar-refractivity contribution in [1.82, 2.24) is 4.98 Å². The van der Waals surface area contributed by atoms with Gasteiger partial charge < -0.3 is 15.8 Å². The van der Waals surface area contributed by atoms with E-state index < -0.39 is 78.0 Å². The number of hydrogen-bond acceptors (Lipinski definition) is 5. The van der Waals surface area contributed by atoms with Gasteiger partial charge in [-0.05, 0) is 30.3 Å². The Bertz CT molecular complexity index is 1140. The number of fused-ring (bicyclic) bond motifs is 1. The van der Waals surface area contributed by atoms with Crippen LogP contribution in [0.2, 0.25) is 0 Å². The average Bonchev–Trinajstić information content (AvgIpc) is 3.08. The number of alkyl halides is 6. The van der Waals surface area contributed by atoms with Crippen LogP contribution in [-0.2, 0) is 16.5 Å². The summed E-state index contributed by atoms with van der Waals surface area (Å²) < 4.78 is 101. The van der Waals surface area contributed by atoms with Crippen molar-refractivity contribution >= 4 is 17.6 Å². The van der Waals surface area contributed by atoms with Crippen LogP contribution in [-0.4, -0.2) is 35.6 Å². The highest BCUT2D eigenvalue weighted by Crippen LogP contribution is 2.53. The van der Waals surface area contributed by atoms with Crippen molar-refractivity contribution in [3.05, 3.63) is 59.2 Å². The number of halogens is 7. The summed E-state index contributed by atoms with van der Waals surface area (Å²) in [4.78, 5) is 19.8. The van der Waals surface area contributed by atoms with Crippen LogP contribution in [0.4, 0.5) is 36.4 Å². The van der Waals surface area contributed by atoms with Crippen molar-refractivity contribution in [2.24, 2.45) is 16.6 Å². The predicted octanol–water partition coefficient (Wildman–Crippen LogP) is 4.42. The molecule has 34 heavy (non-hydrogen) atoms. The molecule has 1 aliphatic carbocycles. The van der Waals surface area contributed by atoms with Gasteiger partial charge in [-0.15, -0.1) is 0 Å². The minimum Gasteiger partial charge on any atom is -0.461 e. The number of nitrogens with two attached hydrogens (primary N) is 1. The summed E-state index contributed by atoms with van der Waals surface area (Å²) in [5, 5.41) is 2.32. The Morgan fingerprint density at radius 2 is 1.94 bits per heavy atom. The molecule has 2 aromatic rings. The fraction of sp³-hybridized carbons (Fsp3) is 0.381. The molecule has 2 aliphatic rings. The molecule has 0 radical (unpaired) electrons. The molecular formula is C21H17F7N4O2. The van der Waals surface area contributed by atoms with Gasteiger partial charge in [-0.25, -0.2) is 22.6 Å². The standard InChI is InChI=1S/C21H17F7N4O2/c22-9-20(13-6-19(24,25)7-16(13)34-18(29)32-20)12-5-11(2-3-14(12)23)31-17(33)15-4-1-10(8-30-15)21(26,27)28/h1-5,8,13,16H,6-7,9H2,(H2,29,32)(H,31,33)/t13-,16+,20+/m0/s1. The number of rotatable bonds is 4. The minimum atomic E-state index is -4.64. The number of carbonyl (C=O) groups excluding carboxylic acids is 1. The number of hydrogen-bond donors (Lipinski definition) is 2. The van der Waals surface area contributed by atoms with Crippen LogP contribution in [0.15, 0.2) is 41.5 Å². The first kappa shape index (κ1) is 23.8. The zero-order valence-electron chi connectivity index (χ0n) is 17.2. The Hall–Kier alpha value is -3.38. The van der Waals surface area contributed by atoms with Gasteiger partial charge in [-0.1, -0.05) is 0 Å². The largest absolute Gasteiger partial charge is 0.461 e. The van der Waals surface area contributed by atoms with Gasteiger partial charge in [0.2, 0.25) is 0 Å². The second kappa shape index (κ2) is 8.13. The molecule has 3 N–H and O–H groups in total. The van der Waals surface area contributed by atoms with E-state index in [9.17, 15) is 35.5 Å². The van der Waals surface area contributed by atoms with E-state index in [1.54, 1.807) is 0 Å². The number of carbonyl (C=O) groups is 1. The van der Waals surface area contributed by atoms with Crippen molar-refractivity contribution in [1.29, 1.82) is 0 Å². The number of aromatic nitrogens is 1. The highest BCUT2D eigenvalue weighted by atomic mass is 19.4. The van der Waals surface area contributed by atoms with E-state index in [1.165, 1.54) is 0 Å². The van der Waals surface area contributed by atoms with Gasteiger partial charge in [0.05, 0.1) is 5.56 Å². The molecule has 3 atom stereocenters. The van der Waals surface area contributed by atoms with Crippen LogP contribution in [0.5, 0.6) is 0 Å². The van der Waals surface area contributed by atoms with Gasteiger partial charge >= 0.3 is 6.18 Å². The molecular weight excluding hydrogens is 473 g/mol. The Morgan fingerprint density at radius 1 is 1.21 bits per heavy atom. The number of ether oxygens (including phenoxy) is 1. The normalized spacial score (nSPS) is 25.8. The second-order valence-electron chi connectivity index (χ2n) is 8.11. The van der Waals surface area contributed by atoms with Crippen LogP contribution in [0.1, 0.15) is 34.5 Å².